The highest BCUT2D eigenvalue weighted by atomic mass is 16.5. The summed E-state index contributed by atoms with van der Waals surface area (Å²) in [6.07, 6.45) is 0. The minimum Gasteiger partial charge on any atom is -0.497 e. The van der Waals surface area contributed by atoms with Crippen molar-refractivity contribution in [2.75, 3.05) is 21.3 Å². The topological polar surface area (TPSA) is 30.5 Å². The summed E-state index contributed by atoms with van der Waals surface area (Å²) in [5.74, 6) is 2.16. The number of benzene rings is 2. The molecule has 0 saturated carbocycles. The first-order valence-electron chi connectivity index (χ1n) is 7.59. The standard InChI is InChI=1S/C19H25NO2/c1-13(2)14-6-8-15(9-7-14)19(20-3)17-11-10-16(21-4)12-18(17)22-5/h6-13,19-20H,1-5H3. The Morgan fingerprint density at radius 1 is 0.864 bits per heavy atom. The number of rotatable bonds is 6. The van der Waals surface area contributed by atoms with Crippen molar-refractivity contribution in [3.63, 3.8) is 0 Å². The van der Waals surface area contributed by atoms with E-state index in [1.807, 2.05) is 19.2 Å². The number of ether oxygens (including phenoxy) is 2. The number of hydrogen-bond donors (Lipinski definition) is 1. The molecular formula is C19H25NO2. The fourth-order valence-electron chi connectivity index (χ4n) is 2.63. The van der Waals surface area contributed by atoms with Crippen molar-refractivity contribution in [2.24, 2.45) is 0 Å². The van der Waals surface area contributed by atoms with Crippen LogP contribution < -0.4 is 14.8 Å². The van der Waals surface area contributed by atoms with Gasteiger partial charge in [0, 0.05) is 11.6 Å². The molecular weight excluding hydrogens is 274 g/mol. The normalized spacial score (nSPS) is 12.3. The minimum atomic E-state index is 0.0852. The van der Waals surface area contributed by atoms with Crippen LogP contribution in [-0.2, 0) is 0 Å². The summed E-state index contributed by atoms with van der Waals surface area (Å²) in [7, 11) is 5.31. The molecule has 2 aromatic rings. The van der Waals surface area contributed by atoms with Crippen LogP contribution in [-0.4, -0.2) is 21.3 Å². The van der Waals surface area contributed by atoms with Crippen LogP contribution >= 0.6 is 0 Å². The number of nitrogens with one attached hydrogen (secondary N) is 1. The molecule has 1 N–H and O–H groups in total. The van der Waals surface area contributed by atoms with Crippen molar-refractivity contribution in [3.05, 3.63) is 59.2 Å². The molecule has 22 heavy (non-hydrogen) atoms. The van der Waals surface area contributed by atoms with Crippen molar-refractivity contribution in [3.8, 4) is 11.5 Å². The smallest absolute Gasteiger partial charge is 0.127 e. The van der Waals surface area contributed by atoms with Crippen LogP contribution in [0.15, 0.2) is 42.5 Å². The molecule has 3 heteroatoms. The first-order valence-corrected chi connectivity index (χ1v) is 7.59. The molecule has 0 amide bonds. The summed E-state index contributed by atoms with van der Waals surface area (Å²) in [5.41, 5.74) is 3.67. The SMILES string of the molecule is CNC(c1ccc(C(C)C)cc1)c1ccc(OC)cc1OC. The average Bonchev–Trinajstić information content (AvgIpc) is 2.56. The molecule has 0 fully saturated rings. The van der Waals surface area contributed by atoms with Gasteiger partial charge in [-0.25, -0.2) is 0 Å². The second-order valence-electron chi connectivity index (χ2n) is 5.65. The predicted octanol–water partition coefficient (Wildman–Crippen LogP) is 4.14. The van der Waals surface area contributed by atoms with Gasteiger partial charge in [-0.2, -0.15) is 0 Å². The van der Waals surface area contributed by atoms with Gasteiger partial charge in [-0.05, 0) is 36.2 Å². The average molecular weight is 299 g/mol. The zero-order chi connectivity index (χ0) is 16.1. The van der Waals surface area contributed by atoms with Crippen LogP contribution in [0.2, 0.25) is 0 Å². The van der Waals surface area contributed by atoms with E-state index >= 15 is 0 Å². The van der Waals surface area contributed by atoms with E-state index in [2.05, 4.69) is 49.5 Å². The Morgan fingerprint density at radius 3 is 2.00 bits per heavy atom. The first-order chi connectivity index (χ1) is 10.6. The third-order valence-corrected chi connectivity index (χ3v) is 3.98. The van der Waals surface area contributed by atoms with Crippen molar-refractivity contribution in [1.29, 1.82) is 0 Å². The van der Waals surface area contributed by atoms with Crippen molar-refractivity contribution in [2.45, 2.75) is 25.8 Å². The molecule has 118 valence electrons. The molecule has 0 heterocycles. The molecule has 0 aliphatic carbocycles. The van der Waals surface area contributed by atoms with E-state index < -0.39 is 0 Å². The molecule has 0 spiro atoms. The van der Waals surface area contributed by atoms with E-state index in [1.54, 1.807) is 14.2 Å². The quantitative estimate of drug-likeness (QED) is 0.869. The van der Waals surface area contributed by atoms with Gasteiger partial charge in [0.2, 0.25) is 0 Å². The van der Waals surface area contributed by atoms with Gasteiger partial charge in [0.05, 0.1) is 20.3 Å². The Labute approximate surface area is 133 Å². The summed E-state index contributed by atoms with van der Waals surface area (Å²) in [6.45, 7) is 4.41. The van der Waals surface area contributed by atoms with Gasteiger partial charge in [0.1, 0.15) is 11.5 Å². The number of hydrogen-bond acceptors (Lipinski definition) is 3. The largest absolute Gasteiger partial charge is 0.497 e. The summed E-state index contributed by atoms with van der Waals surface area (Å²) in [6, 6.07) is 14.8. The molecule has 0 bridgehead atoms. The van der Waals surface area contributed by atoms with E-state index in [1.165, 1.54) is 11.1 Å². The third kappa shape index (κ3) is 3.42. The maximum atomic E-state index is 5.53. The predicted molar refractivity (Wildman–Crippen MR) is 91.0 cm³/mol. The highest BCUT2D eigenvalue weighted by Crippen LogP contribution is 2.33. The highest BCUT2D eigenvalue weighted by Gasteiger charge is 2.17. The molecule has 0 radical (unpaired) electrons. The Hall–Kier alpha value is -2.00. The van der Waals surface area contributed by atoms with Crippen LogP contribution in [0.1, 0.15) is 42.5 Å². The van der Waals surface area contributed by atoms with E-state index in [0.717, 1.165) is 17.1 Å². The Morgan fingerprint density at radius 2 is 1.50 bits per heavy atom. The summed E-state index contributed by atoms with van der Waals surface area (Å²) in [5, 5.41) is 3.37. The molecule has 3 nitrogen and oxygen atoms in total. The molecule has 1 unspecified atom stereocenters. The van der Waals surface area contributed by atoms with E-state index in [0.29, 0.717) is 5.92 Å². The Kier molecular flexibility index (Phi) is 5.45. The molecule has 2 rings (SSSR count). The van der Waals surface area contributed by atoms with Crippen LogP contribution in [0.3, 0.4) is 0 Å². The lowest BCUT2D eigenvalue weighted by atomic mass is 9.94. The molecule has 1 atom stereocenters. The monoisotopic (exact) mass is 299 g/mol. The molecule has 0 aromatic heterocycles. The van der Waals surface area contributed by atoms with Crippen LogP contribution in [0.4, 0.5) is 0 Å². The lowest BCUT2D eigenvalue weighted by molar-refractivity contribution is 0.388. The summed E-state index contributed by atoms with van der Waals surface area (Å²) >= 11 is 0. The van der Waals surface area contributed by atoms with Gasteiger partial charge in [-0.1, -0.05) is 38.1 Å². The van der Waals surface area contributed by atoms with Gasteiger partial charge in [-0.3, -0.25) is 0 Å². The molecule has 0 aliphatic rings. The zero-order valence-electron chi connectivity index (χ0n) is 14.0. The van der Waals surface area contributed by atoms with Gasteiger partial charge >= 0.3 is 0 Å². The highest BCUT2D eigenvalue weighted by molar-refractivity contribution is 5.46. The molecule has 2 aromatic carbocycles. The fraction of sp³-hybridized carbons (Fsp3) is 0.368. The maximum absolute atomic E-state index is 5.53. The first kappa shape index (κ1) is 16.4. The van der Waals surface area contributed by atoms with Crippen LogP contribution in [0.25, 0.3) is 0 Å². The summed E-state index contributed by atoms with van der Waals surface area (Å²) < 4.78 is 10.8. The third-order valence-electron chi connectivity index (χ3n) is 3.98. The van der Waals surface area contributed by atoms with Crippen molar-refractivity contribution in [1.82, 2.24) is 5.32 Å². The second kappa shape index (κ2) is 7.32. The molecule has 0 aliphatic heterocycles. The molecule has 0 saturated heterocycles. The van der Waals surface area contributed by atoms with Crippen molar-refractivity contribution < 1.29 is 9.47 Å². The number of methoxy groups -OCH3 is 2. The van der Waals surface area contributed by atoms with Gasteiger partial charge in [0.25, 0.3) is 0 Å². The lowest BCUT2D eigenvalue weighted by Gasteiger charge is -2.21. The van der Waals surface area contributed by atoms with Crippen molar-refractivity contribution >= 4 is 0 Å². The second-order valence-corrected chi connectivity index (χ2v) is 5.65. The zero-order valence-corrected chi connectivity index (χ0v) is 14.0. The van der Waals surface area contributed by atoms with E-state index in [-0.39, 0.29) is 6.04 Å². The van der Waals surface area contributed by atoms with Gasteiger partial charge in [0.15, 0.2) is 0 Å². The minimum absolute atomic E-state index is 0.0852. The maximum Gasteiger partial charge on any atom is 0.127 e. The van der Waals surface area contributed by atoms with Gasteiger partial charge in [-0.15, -0.1) is 0 Å². The Balaban J connectivity index is 2.39. The van der Waals surface area contributed by atoms with Crippen LogP contribution in [0.5, 0.6) is 11.5 Å². The van der Waals surface area contributed by atoms with E-state index in [9.17, 15) is 0 Å². The fourth-order valence-corrected chi connectivity index (χ4v) is 2.63. The Bertz CT molecular complexity index is 605. The van der Waals surface area contributed by atoms with Gasteiger partial charge < -0.3 is 14.8 Å². The van der Waals surface area contributed by atoms with Crippen LogP contribution in [0, 0.1) is 0 Å². The lowest BCUT2D eigenvalue weighted by Crippen LogP contribution is -2.18. The summed E-state index contributed by atoms with van der Waals surface area (Å²) in [4.78, 5) is 0. The van der Waals surface area contributed by atoms with E-state index in [4.69, 9.17) is 9.47 Å².